The van der Waals surface area contributed by atoms with Gasteiger partial charge in [-0.05, 0) is 40.2 Å². The first kappa shape index (κ1) is 23.9. The molecule has 1 saturated heterocycles. The molecule has 0 aliphatic carbocycles. The van der Waals surface area contributed by atoms with Crippen LogP contribution < -0.4 is 5.32 Å². The lowest BCUT2D eigenvalue weighted by Crippen LogP contribution is -2.49. The SMILES string of the molecule is CCOC(=O)c1[nH]c(C)c(C(=O)CN(CCN2CCOCC2)C(=O)NC(C)C)c1C. The second-order valence-electron chi connectivity index (χ2n) is 7.75. The zero-order chi connectivity index (χ0) is 22.3. The molecule has 2 N–H and O–H groups in total. The number of aromatic nitrogens is 1. The van der Waals surface area contributed by atoms with E-state index in [-0.39, 0.29) is 36.7 Å². The number of amides is 2. The summed E-state index contributed by atoms with van der Waals surface area (Å²) in [5, 5.41) is 2.87. The van der Waals surface area contributed by atoms with E-state index < -0.39 is 5.97 Å². The van der Waals surface area contributed by atoms with Crippen molar-refractivity contribution in [3.05, 3.63) is 22.5 Å². The average Bonchev–Trinajstić information content (AvgIpc) is 2.99. The van der Waals surface area contributed by atoms with Crippen LogP contribution in [0.2, 0.25) is 0 Å². The quantitative estimate of drug-likeness (QED) is 0.464. The Morgan fingerprint density at radius 1 is 1.23 bits per heavy atom. The molecule has 0 saturated carbocycles. The van der Waals surface area contributed by atoms with E-state index in [2.05, 4.69) is 15.2 Å². The maximum atomic E-state index is 13.1. The van der Waals surface area contributed by atoms with Crippen LogP contribution in [-0.4, -0.2) is 91.2 Å². The summed E-state index contributed by atoms with van der Waals surface area (Å²) in [6.45, 7) is 13.2. The fourth-order valence-electron chi connectivity index (χ4n) is 3.51. The van der Waals surface area contributed by atoms with Crippen LogP contribution in [0.15, 0.2) is 0 Å². The zero-order valence-electron chi connectivity index (χ0n) is 18.7. The highest BCUT2D eigenvalue weighted by Gasteiger charge is 2.26. The lowest BCUT2D eigenvalue weighted by atomic mass is 10.1. The zero-order valence-corrected chi connectivity index (χ0v) is 18.7. The predicted octanol–water partition coefficient (Wildman–Crippen LogP) is 1.74. The summed E-state index contributed by atoms with van der Waals surface area (Å²) in [5.74, 6) is -0.698. The molecule has 1 aliphatic rings. The van der Waals surface area contributed by atoms with Crippen molar-refractivity contribution in [3.8, 4) is 0 Å². The van der Waals surface area contributed by atoms with Crippen molar-refractivity contribution in [2.45, 2.75) is 40.7 Å². The lowest BCUT2D eigenvalue weighted by molar-refractivity contribution is 0.0348. The largest absolute Gasteiger partial charge is 0.461 e. The van der Waals surface area contributed by atoms with Gasteiger partial charge in [-0.15, -0.1) is 0 Å². The summed E-state index contributed by atoms with van der Waals surface area (Å²) >= 11 is 0. The number of H-pyrrole nitrogens is 1. The third kappa shape index (κ3) is 6.30. The van der Waals surface area contributed by atoms with E-state index in [9.17, 15) is 14.4 Å². The maximum Gasteiger partial charge on any atom is 0.355 e. The topological polar surface area (TPSA) is 104 Å². The van der Waals surface area contributed by atoms with Gasteiger partial charge in [-0.1, -0.05) is 0 Å². The van der Waals surface area contributed by atoms with Crippen LogP contribution >= 0.6 is 0 Å². The molecule has 1 aromatic rings. The fourth-order valence-corrected chi connectivity index (χ4v) is 3.51. The first-order valence-electron chi connectivity index (χ1n) is 10.5. The molecule has 168 valence electrons. The maximum absolute atomic E-state index is 13.1. The summed E-state index contributed by atoms with van der Waals surface area (Å²) in [6, 6.07) is -0.312. The number of nitrogens with one attached hydrogen (secondary N) is 2. The van der Waals surface area contributed by atoms with Crippen molar-refractivity contribution in [1.82, 2.24) is 20.1 Å². The Bertz CT molecular complexity index is 753. The number of nitrogens with zero attached hydrogens (tertiary/aromatic N) is 2. The highest BCUT2D eigenvalue weighted by molar-refractivity contribution is 6.04. The van der Waals surface area contributed by atoms with Gasteiger partial charge in [0.05, 0.1) is 26.4 Å². The summed E-state index contributed by atoms with van der Waals surface area (Å²) < 4.78 is 10.4. The molecule has 0 aromatic carbocycles. The number of rotatable bonds is 9. The second kappa shape index (κ2) is 11.1. The Balaban J connectivity index is 2.14. The number of aromatic amines is 1. The van der Waals surface area contributed by atoms with Gasteiger partial charge in [0, 0.05) is 43.5 Å². The number of Topliss-reactive ketones (excluding diaryl/α,β-unsaturated/α-hetero) is 1. The Kier molecular flexibility index (Phi) is 8.86. The molecule has 0 radical (unpaired) electrons. The standard InChI is InChI=1S/C21H34N4O5/c1-6-30-20(27)19-15(4)18(16(5)23-19)17(26)13-25(21(28)22-14(2)3)8-7-24-9-11-29-12-10-24/h14,23H,6-13H2,1-5H3,(H,22,28). The van der Waals surface area contributed by atoms with Gasteiger partial charge >= 0.3 is 12.0 Å². The number of hydrogen-bond acceptors (Lipinski definition) is 6. The van der Waals surface area contributed by atoms with Crippen molar-refractivity contribution in [1.29, 1.82) is 0 Å². The number of esters is 1. The molecule has 9 heteroatoms. The van der Waals surface area contributed by atoms with Crippen LogP contribution in [0.3, 0.4) is 0 Å². The number of carbonyl (C=O) groups is 3. The van der Waals surface area contributed by atoms with Crippen molar-refractivity contribution in [2.24, 2.45) is 0 Å². The number of ether oxygens (including phenoxy) is 2. The van der Waals surface area contributed by atoms with Crippen molar-refractivity contribution >= 4 is 17.8 Å². The van der Waals surface area contributed by atoms with E-state index >= 15 is 0 Å². The van der Waals surface area contributed by atoms with Crippen LogP contribution in [-0.2, 0) is 9.47 Å². The van der Waals surface area contributed by atoms with Crippen LogP contribution in [0.5, 0.6) is 0 Å². The Morgan fingerprint density at radius 2 is 1.90 bits per heavy atom. The molecule has 2 amide bonds. The van der Waals surface area contributed by atoms with Crippen LogP contribution in [0.4, 0.5) is 4.79 Å². The number of aryl methyl sites for hydroxylation is 1. The third-order valence-electron chi connectivity index (χ3n) is 5.02. The molecule has 2 heterocycles. The minimum absolute atomic E-state index is 0.0374. The van der Waals surface area contributed by atoms with Gasteiger partial charge in [-0.2, -0.15) is 0 Å². The van der Waals surface area contributed by atoms with E-state index in [1.807, 2.05) is 13.8 Å². The lowest BCUT2D eigenvalue weighted by Gasteiger charge is -2.30. The van der Waals surface area contributed by atoms with E-state index in [0.29, 0.717) is 43.1 Å². The summed E-state index contributed by atoms with van der Waals surface area (Å²) in [4.78, 5) is 44.6. The Hall–Kier alpha value is -2.39. The van der Waals surface area contributed by atoms with Crippen LogP contribution in [0.1, 0.15) is 52.9 Å². The Morgan fingerprint density at radius 3 is 2.50 bits per heavy atom. The van der Waals surface area contributed by atoms with E-state index in [0.717, 1.165) is 13.1 Å². The number of morpholine rings is 1. The summed E-state index contributed by atoms with van der Waals surface area (Å²) in [5.41, 5.74) is 1.86. The smallest absolute Gasteiger partial charge is 0.355 e. The second-order valence-corrected chi connectivity index (χ2v) is 7.75. The van der Waals surface area contributed by atoms with Crippen LogP contribution in [0, 0.1) is 13.8 Å². The van der Waals surface area contributed by atoms with Gasteiger partial charge in [0.2, 0.25) is 0 Å². The molecule has 1 aromatic heterocycles. The minimum atomic E-state index is -0.487. The first-order chi connectivity index (χ1) is 14.2. The third-order valence-corrected chi connectivity index (χ3v) is 5.02. The predicted molar refractivity (Wildman–Crippen MR) is 113 cm³/mol. The molecular weight excluding hydrogens is 388 g/mol. The summed E-state index contributed by atoms with van der Waals surface area (Å²) in [6.07, 6.45) is 0. The molecule has 9 nitrogen and oxygen atoms in total. The molecular formula is C21H34N4O5. The fraction of sp³-hybridized carbons (Fsp3) is 0.667. The average molecular weight is 423 g/mol. The monoisotopic (exact) mass is 422 g/mol. The van der Waals surface area contributed by atoms with Crippen molar-refractivity contribution < 1.29 is 23.9 Å². The van der Waals surface area contributed by atoms with Gasteiger partial charge in [0.15, 0.2) is 5.78 Å². The van der Waals surface area contributed by atoms with Gasteiger partial charge < -0.3 is 24.7 Å². The first-order valence-corrected chi connectivity index (χ1v) is 10.5. The van der Waals surface area contributed by atoms with E-state index in [4.69, 9.17) is 9.47 Å². The molecule has 0 bridgehead atoms. The number of carbonyl (C=O) groups excluding carboxylic acids is 3. The number of urea groups is 1. The van der Waals surface area contributed by atoms with E-state index in [1.54, 1.807) is 20.8 Å². The Labute approximate surface area is 178 Å². The van der Waals surface area contributed by atoms with Crippen molar-refractivity contribution in [3.63, 3.8) is 0 Å². The van der Waals surface area contributed by atoms with Gasteiger partial charge in [-0.3, -0.25) is 9.69 Å². The number of ketones is 1. The highest BCUT2D eigenvalue weighted by atomic mass is 16.5. The molecule has 30 heavy (non-hydrogen) atoms. The molecule has 2 rings (SSSR count). The van der Waals surface area contributed by atoms with Gasteiger partial charge in [0.1, 0.15) is 5.69 Å². The van der Waals surface area contributed by atoms with Gasteiger partial charge in [0.25, 0.3) is 0 Å². The normalized spacial score (nSPS) is 14.6. The molecule has 1 fully saturated rings. The molecule has 0 unspecified atom stereocenters. The summed E-state index contributed by atoms with van der Waals surface area (Å²) in [7, 11) is 0. The minimum Gasteiger partial charge on any atom is -0.461 e. The highest BCUT2D eigenvalue weighted by Crippen LogP contribution is 2.20. The number of hydrogen-bond donors (Lipinski definition) is 2. The van der Waals surface area contributed by atoms with E-state index in [1.165, 1.54) is 4.90 Å². The van der Waals surface area contributed by atoms with Crippen molar-refractivity contribution in [2.75, 3.05) is 52.5 Å². The molecule has 1 aliphatic heterocycles. The van der Waals surface area contributed by atoms with Gasteiger partial charge in [-0.25, -0.2) is 9.59 Å². The molecule has 0 spiro atoms. The van der Waals surface area contributed by atoms with Crippen LogP contribution in [0.25, 0.3) is 0 Å². The molecule has 0 atom stereocenters.